The highest BCUT2D eigenvalue weighted by Crippen LogP contribution is 2.43. The molecule has 0 radical (unpaired) electrons. The summed E-state index contributed by atoms with van der Waals surface area (Å²) < 4.78 is 4.65. The van der Waals surface area contributed by atoms with Gasteiger partial charge in [-0.25, -0.2) is 4.98 Å². The summed E-state index contributed by atoms with van der Waals surface area (Å²) in [4.78, 5) is 15.5. The lowest BCUT2D eigenvalue weighted by Crippen LogP contribution is -2.06. The smallest absolute Gasteiger partial charge is 0.238 e. The zero-order chi connectivity index (χ0) is 44.7. The second-order valence-electron chi connectivity index (χ2n) is 17.6. The molecule has 0 aliphatic rings. The number of benzene rings is 11. The van der Waals surface area contributed by atoms with Gasteiger partial charge in [-0.3, -0.25) is 4.57 Å². The summed E-state index contributed by atoms with van der Waals surface area (Å²) in [6.07, 6.45) is 0. The maximum atomic E-state index is 5.24. The molecule has 14 rings (SSSR count). The highest BCUT2D eigenvalue weighted by atomic mass is 15.2. The number of rotatable bonds is 6. The van der Waals surface area contributed by atoms with Crippen molar-refractivity contribution < 1.29 is 0 Å². The van der Waals surface area contributed by atoms with Gasteiger partial charge in [-0.2, -0.15) is 9.97 Å². The van der Waals surface area contributed by atoms with Crippen LogP contribution in [0.25, 0.3) is 133 Å². The predicted molar refractivity (Wildman–Crippen MR) is 283 cm³/mol. The number of hydrogen-bond donors (Lipinski definition) is 0. The molecule has 0 amide bonds. The zero-order valence-corrected chi connectivity index (χ0v) is 36.8. The van der Waals surface area contributed by atoms with Crippen LogP contribution in [0.4, 0.5) is 0 Å². The molecular formula is C63H39N5. The highest BCUT2D eigenvalue weighted by Gasteiger charge is 2.22. The van der Waals surface area contributed by atoms with Crippen LogP contribution in [0.1, 0.15) is 0 Å². The van der Waals surface area contributed by atoms with Crippen molar-refractivity contribution in [3.05, 3.63) is 237 Å². The molecule has 0 N–H and O–H groups in total. The van der Waals surface area contributed by atoms with Crippen molar-refractivity contribution in [3.8, 4) is 56.7 Å². The quantitative estimate of drug-likeness (QED) is 0.156. The molecule has 14 aromatic rings. The zero-order valence-electron chi connectivity index (χ0n) is 36.8. The Kier molecular flexibility index (Phi) is 8.52. The topological polar surface area (TPSA) is 48.5 Å². The molecule has 0 saturated heterocycles. The first-order chi connectivity index (χ1) is 33.7. The van der Waals surface area contributed by atoms with E-state index in [2.05, 4.69) is 209 Å². The predicted octanol–water partition coefficient (Wildman–Crippen LogP) is 16.2. The molecule has 5 nitrogen and oxygen atoms in total. The molecule has 0 unspecified atom stereocenters. The first kappa shape index (κ1) is 38.1. The normalized spacial score (nSPS) is 11.8. The lowest BCUT2D eigenvalue weighted by molar-refractivity contribution is 0.953. The third kappa shape index (κ3) is 5.93. The molecule has 11 aromatic carbocycles. The Morgan fingerprint density at radius 3 is 1.26 bits per heavy atom. The second-order valence-corrected chi connectivity index (χ2v) is 17.6. The van der Waals surface area contributed by atoms with Gasteiger partial charge in [0.25, 0.3) is 0 Å². The molecule has 0 fully saturated rings. The molecule has 68 heavy (non-hydrogen) atoms. The molecule has 0 saturated carbocycles. The van der Waals surface area contributed by atoms with Crippen molar-refractivity contribution >= 4 is 75.9 Å². The molecule has 316 valence electrons. The van der Waals surface area contributed by atoms with Gasteiger partial charge in [0.05, 0.1) is 22.1 Å². The average molecular weight is 866 g/mol. The van der Waals surface area contributed by atoms with Crippen LogP contribution < -0.4 is 0 Å². The van der Waals surface area contributed by atoms with E-state index in [9.17, 15) is 0 Å². The fourth-order valence-electron chi connectivity index (χ4n) is 10.7. The summed E-state index contributed by atoms with van der Waals surface area (Å²) in [5, 5.41) is 12.3. The maximum absolute atomic E-state index is 5.24. The number of hydrogen-bond acceptors (Lipinski definition) is 3. The number of para-hydroxylation sites is 2. The molecule has 0 atom stereocenters. The van der Waals surface area contributed by atoms with E-state index in [1.165, 1.54) is 59.8 Å². The van der Waals surface area contributed by atoms with E-state index >= 15 is 0 Å². The Morgan fingerprint density at radius 1 is 0.235 bits per heavy atom. The van der Waals surface area contributed by atoms with Crippen molar-refractivity contribution in [2.75, 3.05) is 0 Å². The molecule has 0 bridgehead atoms. The highest BCUT2D eigenvalue weighted by molar-refractivity contribution is 6.26. The average Bonchev–Trinajstić information content (AvgIpc) is 3.92. The Labute approximate surface area is 391 Å². The van der Waals surface area contributed by atoms with Gasteiger partial charge in [-0.1, -0.05) is 194 Å². The minimum absolute atomic E-state index is 0.567. The minimum Gasteiger partial charge on any atom is -0.309 e. The fraction of sp³-hybridized carbons (Fsp3) is 0. The molecule has 0 aliphatic carbocycles. The van der Waals surface area contributed by atoms with Gasteiger partial charge in [-0.05, 0) is 97.0 Å². The number of nitrogens with zero attached hydrogens (tertiary/aromatic N) is 5. The van der Waals surface area contributed by atoms with E-state index in [0.29, 0.717) is 17.6 Å². The molecule has 0 spiro atoms. The van der Waals surface area contributed by atoms with Gasteiger partial charge in [0, 0.05) is 38.4 Å². The number of aromatic nitrogens is 5. The summed E-state index contributed by atoms with van der Waals surface area (Å²) >= 11 is 0. The first-order valence-electron chi connectivity index (χ1n) is 23.1. The van der Waals surface area contributed by atoms with Crippen molar-refractivity contribution in [2.45, 2.75) is 0 Å². The van der Waals surface area contributed by atoms with Crippen LogP contribution in [0.5, 0.6) is 0 Å². The lowest BCUT2D eigenvalue weighted by atomic mass is 9.89. The van der Waals surface area contributed by atoms with Gasteiger partial charge < -0.3 is 4.57 Å². The van der Waals surface area contributed by atoms with Crippen LogP contribution in [-0.2, 0) is 0 Å². The van der Waals surface area contributed by atoms with Crippen molar-refractivity contribution in [1.82, 2.24) is 24.1 Å². The lowest BCUT2D eigenvalue weighted by Gasteiger charge is -2.17. The SMILES string of the molecule is c1ccc(-c2nc(-c3ccccc3)nc(-n3c4ccccc4c4cc5c6ccccc6n(-c6ccc(-c7ccc8c9ccccc9c9ccccc9c8c7)c(-c7ccccc7)c6)c5cc43)n2)cc1. The van der Waals surface area contributed by atoms with E-state index in [0.717, 1.165) is 55.2 Å². The molecule has 0 aliphatic heterocycles. The Balaban J connectivity index is 1.02. The molecule has 3 heterocycles. The Morgan fingerprint density at radius 2 is 0.691 bits per heavy atom. The largest absolute Gasteiger partial charge is 0.309 e. The molecular weight excluding hydrogens is 827 g/mol. The van der Waals surface area contributed by atoms with Crippen LogP contribution in [-0.4, -0.2) is 24.1 Å². The van der Waals surface area contributed by atoms with Crippen LogP contribution >= 0.6 is 0 Å². The first-order valence-corrected chi connectivity index (χ1v) is 23.1. The summed E-state index contributed by atoms with van der Waals surface area (Å²) in [7, 11) is 0. The van der Waals surface area contributed by atoms with Crippen LogP contribution in [0.3, 0.4) is 0 Å². The van der Waals surface area contributed by atoms with Crippen LogP contribution in [0, 0.1) is 0 Å². The maximum Gasteiger partial charge on any atom is 0.238 e. The van der Waals surface area contributed by atoms with Gasteiger partial charge in [0.15, 0.2) is 11.6 Å². The third-order valence-corrected chi connectivity index (χ3v) is 13.8. The van der Waals surface area contributed by atoms with E-state index in [1.807, 2.05) is 36.4 Å². The summed E-state index contributed by atoms with van der Waals surface area (Å²) in [5.41, 5.74) is 11.9. The van der Waals surface area contributed by atoms with E-state index in [4.69, 9.17) is 15.0 Å². The van der Waals surface area contributed by atoms with Crippen molar-refractivity contribution in [3.63, 3.8) is 0 Å². The Hall–Kier alpha value is -9.19. The van der Waals surface area contributed by atoms with E-state index in [-0.39, 0.29) is 0 Å². The van der Waals surface area contributed by atoms with E-state index in [1.54, 1.807) is 0 Å². The van der Waals surface area contributed by atoms with Crippen LogP contribution in [0.15, 0.2) is 237 Å². The van der Waals surface area contributed by atoms with Gasteiger partial charge in [0.2, 0.25) is 5.95 Å². The Bertz CT molecular complexity index is 4210. The van der Waals surface area contributed by atoms with Crippen molar-refractivity contribution in [1.29, 1.82) is 0 Å². The van der Waals surface area contributed by atoms with Gasteiger partial charge in [-0.15, -0.1) is 0 Å². The van der Waals surface area contributed by atoms with E-state index < -0.39 is 0 Å². The van der Waals surface area contributed by atoms with Gasteiger partial charge >= 0.3 is 0 Å². The monoisotopic (exact) mass is 865 g/mol. The third-order valence-electron chi connectivity index (χ3n) is 13.8. The second kappa shape index (κ2) is 15.2. The molecule has 5 heteroatoms. The number of fused-ring (bicyclic) bond motifs is 12. The summed E-state index contributed by atoms with van der Waals surface area (Å²) in [6.45, 7) is 0. The van der Waals surface area contributed by atoms with Crippen molar-refractivity contribution in [2.24, 2.45) is 0 Å². The van der Waals surface area contributed by atoms with Gasteiger partial charge in [0.1, 0.15) is 0 Å². The standard InChI is InChI=1S/C63H39N5/c1-4-18-40(19-5-1)53-37-44(33-35-45(53)43-32-34-50-48-26-11-10-24-46(48)47-25-12-13-27-49(47)54(50)36-43)67-57-30-16-14-28-51(57)55-38-56-52-29-15-17-31-58(52)68(60(56)39-59(55)67)63-65-61(41-20-6-2-7-21-41)64-62(66-63)42-22-8-3-9-23-42/h1-39H. The summed E-state index contributed by atoms with van der Waals surface area (Å²) in [6, 6.07) is 84.8. The van der Waals surface area contributed by atoms with Crippen LogP contribution in [0.2, 0.25) is 0 Å². The fourth-order valence-corrected chi connectivity index (χ4v) is 10.7. The molecule has 3 aromatic heterocycles. The minimum atomic E-state index is 0.567. The summed E-state index contributed by atoms with van der Waals surface area (Å²) in [5.74, 6) is 1.81.